The fraction of sp³-hybridized carbons (Fsp3) is 0.625. The molecule has 1 aliphatic carbocycles. The number of hydrogen-bond acceptors (Lipinski definition) is 1. The zero-order valence-corrected chi connectivity index (χ0v) is 5.97. The highest BCUT2D eigenvalue weighted by Gasteiger charge is 2.37. The molecule has 2 heteroatoms. The second-order valence-corrected chi connectivity index (χ2v) is 2.87. The van der Waals surface area contributed by atoms with Crippen LogP contribution in [0.15, 0.2) is 12.7 Å². The molecule has 0 aromatic carbocycles. The Balaban J connectivity index is 2.76. The highest BCUT2D eigenvalue weighted by atomic mass is 16.4. The van der Waals surface area contributed by atoms with Crippen LogP contribution in [0.5, 0.6) is 0 Å². The third-order valence-electron chi connectivity index (χ3n) is 2.31. The fourth-order valence-corrected chi connectivity index (χ4v) is 1.51. The lowest BCUT2D eigenvalue weighted by Gasteiger charge is -2.17. The van der Waals surface area contributed by atoms with E-state index >= 15 is 0 Å². The van der Waals surface area contributed by atoms with Gasteiger partial charge < -0.3 is 5.11 Å². The third kappa shape index (κ3) is 0.939. The standard InChI is InChI=1S/C8H12O2/c1-2-8(7(9)10)5-3-4-6-8/h2H,1,3-6H2,(H,9,10). The number of rotatable bonds is 2. The van der Waals surface area contributed by atoms with Crippen molar-refractivity contribution in [3.05, 3.63) is 12.7 Å². The van der Waals surface area contributed by atoms with Gasteiger partial charge in [-0.2, -0.15) is 0 Å². The first-order valence-corrected chi connectivity index (χ1v) is 3.58. The number of hydrogen-bond donors (Lipinski definition) is 1. The predicted molar refractivity (Wildman–Crippen MR) is 38.7 cm³/mol. The number of carboxylic acids is 1. The minimum atomic E-state index is -0.708. The normalized spacial score (nSPS) is 22.4. The summed E-state index contributed by atoms with van der Waals surface area (Å²) >= 11 is 0. The van der Waals surface area contributed by atoms with E-state index in [4.69, 9.17) is 5.11 Å². The maximum absolute atomic E-state index is 10.7. The molecule has 0 heterocycles. The topological polar surface area (TPSA) is 37.3 Å². The maximum atomic E-state index is 10.7. The molecular formula is C8H12O2. The molecule has 1 saturated carbocycles. The molecule has 0 spiro atoms. The minimum Gasteiger partial charge on any atom is -0.481 e. The summed E-state index contributed by atoms with van der Waals surface area (Å²) in [5.74, 6) is -0.708. The summed E-state index contributed by atoms with van der Waals surface area (Å²) in [6.45, 7) is 3.56. The van der Waals surface area contributed by atoms with Crippen molar-refractivity contribution in [2.45, 2.75) is 25.7 Å². The van der Waals surface area contributed by atoms with Gasteiger partial charge in [-0.15, -0.1) is 6.58 Å². The van der Waals surface area contributed by atoms with Gasteiger partial charge in [-0.3, -0.25) is 4.79 Å². The lowest BCUT2D eigenvalue weighted by atomic mass is 9.87. The van der Waals surface area contributed by atoms with Crippen LogP contribution in [0, 0.1) is 5.41 Å². The molecule has 1 aliphatic rings. The summed E-state index contributed by atoms with van der Waals surface area (Å²) in [5, 5.41) is 8.79. The molecule has 0 atom stereocenters. The molecule has 0 aromatic heterocycles. The smallest absolute Gasteiger partial charge is 0.313 e. The summed E-state index contributed by atoms with van der Waals surface area (Å²) < 4.78 is 0. The van der Waals surface area contributed by atoms with E-state index in [9.17, 15) is 4.79 Å². The molecule has 10 heavy (non-hydrogen) atoms. The molecule has 2 nitrogen and oxygen atoms in total. The number of carboxylic acid groups (broad SMARTS) is 1. The Morgan fingerprint density at radius 2 is 2.00 bits per heavy atom. The summed E-state index contributed by atoms with van der Waals surface area (Å²) in [6.07, 6.45) is 5.18. The second-order valence-electron chi connectivity index (χ2n) is 2.87. The molecule has 56 valence electrons. The Morgan fingerprint density at radius 3 is 2.20 bits per heavy atom. The van der Waals surface area contributed by atoms with Gasteiger partial charge in [-0.1, -0.05) is 18.9 Å². The second kappa shape index (κ2) is 2.45. The highest BCUT2D eigenvalue weighted by molar-refractivity contribution is 5.77. The van der Waals surface area contributed by atoms with E-state index in [2.05, 4.69) is 6.58 Å². The number of aliphatic carboxylic acids is 1. The lowest BCUT2D eigenvalue weighted by molar-refractivity contribution is -0.145. The Hall–Kier alpha value is -0.790. The minimum absolute atomic E-state index is 0.583. The molecule has 1 fully saturated rings. The van der Waals surface area contributed by atoms with E-state index in [1.807, 2.05) is 0 Å². The molecule has 0 aromatic rings. The van der Waals surface area contributed by atoms with Crippen molar-refractivity contribution in [2.24, 2.45) is 5.41 Å². The van der Waals surface area contributed by atoms with Crippen molar-refractivity contribution in [3.63, 3.8) is 0 Å². The molecule has 0 radical (unpaired) electrons. The van der Waals surface area contributed by atoms with E-state index in [1.54, 1.807) is 6.08 Å². The third-order valence-corrected chi connectivity index (χ3v) is 2.31. The molecule has 0 aliphatic heterocycles. The summed E-state index contributed by atoms with van der Waals surface area (Å²) in [5.41, 5.74) is -0.583. The Kier molecular flexibility index (Phi) is 1.79. The lowest BCUT2D eigenvalue weighted by Crippen LogP contribution is -2.24. The highest BCUT2D eigenvalue weighted by Crippen LogP contribution is 2.38. The van der Waals surface area contributed by atoms with Crippen LogP contribution >= 0.6 is 0 Å². The van der Waals surface area contributed by atoms with Crippen molar-refractivity contribution in [3.8, 4) is 0 Å². The SMILES string of the molecule is C=CC1(C(=O)O)CCCC1. The van der Waals surface area contributed by atoms with Gasteiger partial charge in [0.05, 0.1) is 5.41 Å². The maximum Gasteiger partial charge on any atom is 0.313 e. The van der Waals surface area contributed by atoms with Crippen LogP contribution in [0.25, 0.3) is 0 Å². The Bertz CT molecular complexity index is 155. The molecule has 1 rings (SSSR count). The summed E-state index contributed by atoms with van der Waals surface area (Å²) in [4.78, 5) is 10.7. The van der Waals surface area contributed by atoms with Gasteiger partial charge >= 0.3 is 5.97 Å². The Morgan fingerprint density at radius 1 is 1.50 bits per heavy atom. The van der Waals surface area contributed by atoms with Gasteiger partial charge in [-0.25, -0.2) is 0 Å². The van der Waals surface area contributed by atoms with Crippen molar-refractivity contribution >= 4 is 5.97 Å². The van der Waals surface area contributed by atoms with E-state index in [0.29, 0.717) is 0 Å². The molecule has 0 bridgehead atoms. The zero-order chi connectivity index (χ0) is 7.61. The number of carbonyl (C=O) groups is 1. The first-order chi connectivity index (χ1) is 4.71. The van der Waals surface area contributed by atoms with Gasteiger partial charge in [0.15, 0.2) is 0 Å². The summed E-state index contributed by atoms with van der Waals surface area (Å²) in [6, 6.07) is 0. The van der Waals surface area contributed by atoms with Crippen LogP contribution < -0.4 is 0 Å². The predicted octanol–water partition coefficient (Wildman–Crippen LogP) is 1.82. The van der Waals surface area contributed by atoms with Crippen LogP contribution in [0.3, 0.4) is 0 Å². The Labute approximate surface area is 60.6 Å². The molecule has 0 unspecified atom stereocenters. The first kappa shape index (κ1) is 7.32. The van der Waals surface area contributed by atoms with Crippen LogP contribution in [0.2, 0.25) is 0 Å². The quantitative estimate of drug-likeness (QED) is 0.594. The van der Waals surface area contributed by atoms with Crippen LogP contribution in [-0.2, 0) is 4.79 Å². The van der Waals surface area contributed by atoms with Gasteiger partial charge in [0.25, 0.3) is 0 Å². The van der Waals surface area contributed by atoms with Gasteiger partial charge in [0, 0.05) is 0 Å². The van der Waals surface area contributed by atoms with Crippen LogP contribution in [-0.4, -0.2) is 11.1 Å². The average molecular weight is 140 g/mol. The van der Waals surface area contributed by atoms with Gasteiger partial charge in [0.2, 0.25) is 0 Å². The van der Waals surface area contributed by atoms with E-state index < -0.39 is 11.4 Å². The monoisotopic (exact) mass is 140 g/mol. The van der Waals surface area contributed by atoms with Gasteiger partial charge in [0.1, 0.15) is 0 Å². The van der Waals surface area contributed by atoms with Crippen molar-refractivity contribution in [1.82, 2.24) is 0 Å². The van der Waals surface area contributed by atoms with E-state index in [-0.39, 0.29) is 0 Å². The average Bonchev–Trinajstić information content (AvgIpc) is 2.35. The molecule has 0 saturated heterocycles. The zero-order valence-electron chi connectivity index (χ0n) is 5.97. The molecular weight excluding hydrogens is 128 g/mol. The largest absolute Gasteiger partial charge is 0.481 e. The van der Waals surface area contributed by atoms with Crippen LogP contribution in [0.4, 0.5) is 0 Å². The molecule has 1 N–H and O–H groups in total. The van der Waals surface area contributed by atoms with E-state index in [0.717, 1.165) is 25.7 Å². The van der Waals surface area contributed by atoms with Crippen molar-refractivity contribution in [2.75, 3.05) is 0 Å². The van der Waals surface area contributed by atoms with Gasteiger partial charge in [-0.05, 0) is 12.8 Å². The first-order valence-electron chi connectivity index (χ1n) is 3.58. The molecule has 0 amide bonds. The fourth-order valence-electron chi connectivity index (χ4n) is 1.51. The van der Waals surface area contributed by atoms with Crippen LogP contribution in [0.1, 0.15) is 25.7 Å². The van der Waals surface area contributed by atoms with Crippen molar-refractivity contribution in [1.29, 1.82) is 0 Å². The van der Waals surface area contributed by atoms with Crippen molar-refractivity contribution < 1.29 is 9.90 Å². The summed E-state index contributed by atoms with van der Waals surface area (Å²) in [7, 11) is 0. The van der Waals surface area contributed by atoms with E-state index in [1.165, 1.54) is 0 Å².